The molecule has 1 rings (SSSR count). The van der Waals surface area contributed by atoms with Gasteiger partial charge in [-0.2, -0.15) is 0 Å². The molecule has 0 aliphatic heterocycles. The highest BCUT2D eigenvalue weighted by Gasteiger charge is 2.15. The van der Waals surface area contributed by atoms with Gasteiger partial charge in [0.25, 0.3) is 0 Å². The van der Waals surface area contributed by atoms with Crippen molar-refractivity contribution in [2.75, 3.05) is 5.32 Å². The number of carbonyl (C=O) groups is 1. The van der Waals surface area contributed by atoms with Crippen molar-refractivity contribution in [2.45, 2.75) is 46.1 Å². The first-order valence-electron chi connectivity index (χ1n) is 6.69. The third-order valence-electron chi connectivity index (χ3n) is 2.86. The number of para-hydroxylation sites is 1. The van der Waals surface area contributed by atoms with Gasteiger partial charge in [-0.3, -0.25) is 4.79 Å². The lowest BCUT2D eigenvalue weighted by molar-refractivity contribution is -0.117. The molecular weight excluding hydrogens is 224 g/mol. The van der Waals surface area contributed by atoms with Crippen LogP contribution in [0.25, 0.3) is 0 Å². The van der Waals surface area contributed by atoms with Gasteiger partial charge in [-0.15, -0.1) is 0 Å². The SMILES string of the molecule is CCCc1ccccc1NC(=O)[C@H](N)CC(C)C. The summed E-state index contributed by atoms with van der Waals surface area (Å²) in [5.41, 5.74) is 7.94. The average Bonchev–Trinajstić information content (AvgIpc) is 2.31. The Bertz CT molecular complexity index is 388. The van der Waals surface area contributed by atoms with Gasteiger partial charge < -0.3 is 11.1 Å². The van der Waals surface area contributed by atoms with E-state index in [9.17, 15) is 4.79 Å². The van der Waals surface area contributed by atoms with Gasteiger partial charge in [-0.05, 0) is 30.4 Å². The first kappa shape index (κ1) is 14.7. The number of rotatable bonds is 6. The summed E-state index contributed by atoms with van der Waals surface area (Å²) >= 11 is 0. The Kier molecular flexibility index (Phi) is 5.86. The molecule has 3 N–H and O–H groups in total. The molecule has 1 atom stereocenters. The number of aryl methyl sites for hydroxylation is 1. The maximum absolute atomic E-state index is 12.0. The zero-order chi connectivity index (χ0) is 13.5. The highest BCUT2D eigenvalue weighted by atomic mass is 16.2. The normalized spacial score (nSPS) is 12.5. The number of amides is 1. The summed E-state index contributed by atoms with van der Waals surface area (Å²) in [4.78, 5) is 12.0. The summed E-state index contributed by atoms with van der Waals surface area (Å²) in [7, 11) is 0. The summed E-state index contributed by atoms with van der Waals surface area (Å²) in [5, 5.41) is 2.94. The molecule has 0 heterocycles. The van der Waals surface area contributed by atoms with Crippen LogP contribution in [0.2, 0.25) is 0 Å². The number of benzene rings is 1. The number of nitrogens with two attached hydrogens (primary N) is 1. The van der Waals surface area contributed by atoms with Crippen molar-refractivity contribution in [1.29, 1.82) is 0 Å². The fraction of sp³-hybridized carbons (Fsp3) is 0.533. The van der Waals surface area contributed by atoms with Gasteiger partial charge >= 0.3 is 0 Å². The van der Waals surface area contributed by atoms with Crippen molar-refractivity contribution in [3.63, 3.8) is 0 Å². The topological polar surface area (TPSA) is 55.1 Å². The molecule has 1 amide bonds. The molecule has 1 aromatic rings. The van der Waals surface area contributed by atoms with Crippen LogP contribution in [0.3, 0.4) is 0 Å². The molecule has 0 aromatic heterocycles. The lowest BCUT2D eigenvalue weighted by Crippen LogP contribution is -2.36. The van der Waals surface area contributed by atoms with Crippen molar-refractivity contribution >= 4 is 11.6 Å². The van der Waals surface area contributed by atoms with Crippen LogP contribution in [0.5, 0.6) is 0 Å². The predicted molar refractivity (Wildman–Crippen MR) is 76.5 cm³/mol. The quantitative estimate of drug-likeness (QED) is 0.813. The zero-order valence-electron chi connectivity index (χ0n) is 11.6. The summed E-state index contributed by atoms with van der Waals surface area (Å²) in [6.45, 7) is 6.26. The second-order valence-corrected chi connectivity index (χ2v) is 5.13. The molecular formula is C15H24N2O. The van der Waals surface area contributed by atoms with Crippen LogP contribution in [0.1, 0.15) is 39.2 Å². The zero-order valence-corrected chi connectivity index (χ0v) is 11.6. The van der Waals surface area contributed by atoms with Crippen molar-refractivity contribution in [1.82, 2.24) is 0 Å². The molecule has 0 saturated heterocycles. The Hall–Kier alpha value is -1.35. The number of anilines is 1. The van der Waals surface area contributed by atoms with Gasteiger partial charge in [0.2, 0.25) is 5.91 Å². The molecule has 0 saturated carbocycles. The first-order valence-corrected chi connectivity index (χ1v) is 6.69. The fourth-order valence-electron chi connectivity index (χ4n) is 1.97. The molecule has 3 nitrogen and oxygen atoms in total. The van der Waals surface area contributed by atoms with Gasteiger partial charge in [0.15, 0.2) is 0 Å². The van der Waals surface area contributed by atoms with E-state index in [2.05, 4.69) is 26.1 Å². The predicted octanol–water partition coefficient (Wildman–Crippen LogP) is 2.95. The Morgan fingerprint density at radius 3 is 2.61 bits per heavy atom. The molecule has 0 aliphatic rings. The van der Waals surface area contributed by atoms with Crippen LogP contribution in [-0.4, -0.2) is 11.9 Å². The van der Waals surface area contributed by atoms with E-state index < -0.39 is 6.04 Å². The van der Waals surface area contributed by atoms with Gasteiger partial charge in [0.1, 0.15) is 0 Å². The minimum absolute atomic E-state index is 0.0905. The molecule has 0 unspecified atom stereocenters. The summed E-state index contributed by atoms with van der Waals surface area (Å²) in [5.74, 6) is 0.337. The molecule has 1 aromatic carbocycles. The van der Waals surface area contributed by atoms with E-state index in [1.807, 2.05) is 24.3 Å². The third kappa shape index (κ3) is 4.49. The van der Waals surface area contributed by atoms with Crippen LogP contribution < -0.4 is 11.1 Å². The van der Waals surface area contributed by atoms with E-state index in [0.717, 1.165) is 18.5 Å². The smallest absolute Gasteiger partial charge is 0.241 e. The number of nitrogens with one attached hydrogen (secondary N) is 1. The molecule has 100 valence electrons. The average molecular weight is 248 g/mol. The second kappa shape index (κ2) is 7.17. The van der Waals surface area contributed by atoms with E-state index in [0.29, 0.717) is 12.3 Å². The highest BCUT2D eigenvalue weighted by Crippen LogP contribution is 2.17. The van der Waals surface area contributed by atoms with Crippen LogP contribution in [0.4, 0.5) is 5.69 Å². The Balaban J connectivity index is 2.69. The van der Waals surface area contributed by atoms with Crippen LogP contribution in [0, 0.1) is 5.92 Å². The van der Waals surface area contributed by atoms with Gasteiger partial charge in [0, 0.05) is 5.69 Å². The van der Waals surface area contributed by atoms with Crippen molar-refractivity contribution in [2.24, 2.45) is 11.7 Å². The van der Waals surface area contributed by atoms with Crippen LogP contribution in [-0.2, 0) is 11.2 Å². The van der Waals surface area contributed by atoms with E-state index >= 15 is 0 Å². The summed E-state index contributed by atoms with van der Waals surface area (Å²) < 4.78 is 0. The molecule has 0 fully saturated rings. The van der Waals surface area contributed by atoms with Crippen LogP contribution in [0.15, 0.2) is 24.3 Å². The van der Waals surface area contributed by atoms with E-state index in [1.165, 1.54) is 5.56 Å². The molecule has 0 aliphatic carbocycles. The second-order valence-electron chi connectivity index (χ2n) is 5.13. The molecule has 0 spiro atoms. The Morgan fingerprint density at radius 2 is 2.00 bits per heavy atom. The maximum atomic E-state index is 12.0. The van der Waals surface area contributed by atoms with E-state index in [1.54, 1.807) is 0 Å². The van der Waals surface area contributed by atoms with E-state index in [-0.39, 0.29) is 5.91 Å². The molecule has 0 bridgehead atoms. The molecule has 3 heteroatoms. The number of carbonyl (C=O) groups excluding carboxylic acids is 1. The third-order valence-corrected chi connectivity index (χ3v) is 2.86. The maximum Gasteiger partial charge on any atom is 0.241 e. The largest absolute Gasteiger partial charge is 0.324 e. The minimum atomic E-state index is -0.431. The highest BCUT2D eigenvalue weighted by molar-refractivity contribution is 5.95. The van der Waals surface area contributed by atoms with Gasteiger partial charge in [0.05, 0.1) is 6.04 Å². The van der Waals surface area contributed by atoms with Crippen LogP contribution >= 0.6 is 0 Å². The van der Waals surface area contributed by atoms with Gasteiger partial charge in [-0.1, -0.05) is 45.4 Å². The fourth-order valence-corrected chi connectivity index (χ4v) is 1.97. The molecule has 18 heavy (non-hydrogen) atoms. The monoisotopic (exact) mass is 248 g/mol. The Morgan fingerprint density at radius 1 is 1.33 bits per heavy atom. The Labute approximate surface area is 110 Å². The lowest BCUT2D eigenvalue weighted by Gasteiger charge is -2.16. The van der Waals surface area contributed by atoms with Crippen molar-refractivity contribution < 1.29 is 4.79 Å². The lowest BCUT2D eigenvalue weighted by atomic mass is 10.0. The summed E-state index contributed by atoms with van der Waals surface area (Å²) in [6, 6.07) is 7.48. The summed E-state index contributed by atoms with van der Waals surface area (Å²) in [6.07, 6.45) is 2.74. The number of hydrogen-bond donors (Lipinski definition) is 2. The number of hydrogen-bond acceptors (Lipinski definition) is 2. The van der Waals surface area contributed by atoms with E-state index in [4.69, 9.17) is 5.73 Å². The standard InChI is InChI=1S/C15H24N2O/c1-4-7-12-8-5-6-9-14(12)17-15(18)13(16)10-11(2)3/h5-6,8-9,11,13H,4,7,10,16H2,1-3H3,(H,17,18)/t13-/m1/s1. The molecule has 0 radical (unpaired) electrons. The van der Waals surface area contributed by atoms with Gasteiger partial charge in [-0.25, -0.2) is 0 Å². The minimum Gasteiger partial charge on any atom is -0.324 e. The van der Waals surface area contributed by atoms with Crippen molar-refractivity contribution in [3.05, 3.63) is 29.8 Å². The first-order chi connectivity index (χ1) is 8.54. The van der Waals surface area contributed by atoms with Crippen molar-refractivity contribution in [3.8, 4) is 0 Å².